The van der Waals surface area contributed by atoms with Crippen molar-refractivity contribution in [2.24, 2.45) is 5.92 Å². The highest BCUT2D eigenvalue weighted by Gasteiger charge is 2.26. The van der Waals surface area contributed by atoms with Crippen LogP contribution in [0.2, 0.25) is 0 Å². The fraction of sp³-hybridized carbons (Fsp3) is 0.588. The van der Waals surface area contributed by atoms with Gasteiger partial charge in [-0.2, -0.15) is 0 Å². The SMILES string of the molecule is O=C(CC1C=CCC1)NCC(c1ccco1)N1CCCC1. The monoisotopic (exact) mass is 288 g/mol. The number of nitrogens with zero attached hydrogens (tertiary/aromatic N) is 1. The van der Waals surface area contributed by atoms with Crippen LogP contribution in [0, 0.1) is 5.92 Å². The van der Waals surface area contributed by atoms with Crippen molar-refractivity contribution in [1.29, 1.82) is 0 Å². The topological polar surface area (TPSA) is 45.5 Å². The van der Waals surface area contributed by atoms with Crippen LogP contribution in [-0.4, -0.2) is 30.4 Å². The van der Waals surface area contributed by atoms with Crippen LogP contribution in [0.5, 0.6) is 0 Å². The predicted molar refractivity (Wildman–Crippen MR) is 81.7 cm³/mol. The normalized spacial score (nSPS) is 23.5. The summed E-state index contributed by atoms with van der Waals surface area (Å²) in [6, 6.07) is 4.10. The fourth-order valence-electron chi connectivity index (χ4n) is 3.33. The minimum Gasteiger partial charge on any atom is -0.468 e. The van der Waals surface area contributed by atoms with E-state index in [1.807, 2.05) is 12.1 Å². The number of amides is 1. The molecule has 4 nitrogen and oxygen atoms in total. The van der Waals surface area contributed by atoms with Gasteiger partial charge in [-0.05, 0) is 56.8 Å². The molecule has 114 valence electrons. The van der Waals surface area contributed by atoms with Gasteiger partial charge in [0.25, 0.3) is 0 Å². The highest BCUT2D eigenvalue weighted by Crippen LogP contribution is 2.25. The van der Waals surface area contributed by atoms with Gasteiger partial charge in [-0.25, -0.2) is 0 Å². The van der Waals surface area contributed by atoms with E-state index in [9.17, 15) is 4.79 Å². The van der Waals surface area contributed by atoms with E-state index in [-0.39, 0.29) is 11.9 Å². The average molecular weight is 288 g/mol. The number of carbonyl (C=O) groups is 1. The maximum Gasteiger partial charge on any atom is 0.220 e. The molecule has 4 heteroatoms. The molecule has 2 heterocycles. The number of furan rings is 1. The fourth-order valence-corrected chi connectivity index (χ4v) is 3.33. The Hall–Kier alpha value is -1.55. The lowest BCUT2D eigenvalue weighted by atomic mass is 10.0. The van der Waals surface area contributed by atoms with E-state index in [2.05, 4.69) is 22.4 Å². The molecule has 1 fully saturated rings. The molecule has 0 spiro atoms. The maximum absolute atomic E-state index is 12.1. The van der Waals surface area contributed by atoms with Crippen molar-refractivity contribution < 1.29 is 9.21 Å². The van der Waals surface area contributed by atoms with Crippen LogP contribution >= 0.6 is 0 Å². The van der Waals surface area contributed by atoms with Crippen molar-refractivity contribution in [3.63, 3.8) is 0 Å². The number of carbonyl (C=O) groups excluding carboxylic acids is 1. The molecule has 21 heavy (non-hydrogen) atoms. The first-order valence-corrected chi connectivity index (χ1v) is 8.04. The summed E-state index contributed by atoms with van der Waals surface area (Å²) in [5.74, 6) is 1.54. The Kier molecular flexibility index (Phi) is 4.76. The molecule has 2 unspecified atom stereocenters. The summed E-state index contributed by atoms with van der Waals surface area (Å²) in [5, 5.41) is 3.10. The summed E-state index contributed by atoms with van der Waals surface area (Å²) in [6.45, 7) is 2.82. The molecule has 1 saturated heterocycles. The quantitative estimate of drug-likeness (QED) is 0.819. The van der Waals surface area contributed by atoms with Crippen LogP contribution in [0.15, 0.2) is 35.0 Å². The first kappa shape index (κ1) is 14.4. The Balaban J connectivity index is 1.54. The zero-order valence-electron chi connectivity index (χ0n) is 12.5. The molecule has 0 aromatic carbocycles. The largest absolute Gasteiger partial charge is 0.468 e. The molecule has 0 saturated carbocycles. The molecule has 0 bridgehead atoms. The van der Waals surface area contributed by atoms with Crippen molar-refractivity contribution >= 4 is 5.91 Å². The Morgan fingerprint density at radius 1 is 1.43 bits per heavy atom. The molecule has 0 radical (unpaired) electrons. The second-order valence-electron chi connectivity index (χ2n) is 6.05. The Morgan fingerprint density at radius 3 is 2.95 bits per heavy atom. The van der Waals surface area contributed by atoms with E-state index in [1.54, 1.807) is 6.26 Å². The highest BCUT2D eigenvalue weighted by molar-refractivity contribution is 5.76. The Morgan fingerprint density at radius 2 is 2.29 bits per heavy atom. The van der Waals surface area contributed by atoms with Gasteiger partial charge < -0.3 is 9.73 Å². The van der Waals surface area contributed by atoms with E-state index < -0.39 is 0 Å². The first-order chi connectivity index (χ1) is 10.3. The zero-order chi connectivity index (χ0) is 14.5. The van der Waals surface area contributed by atoms with Gasteiger partial charge in [-0.15, -0.1) is 0 Å². The minimum atomic E-state index is 0.155. The number of hydrogen-bond donors (Lipinski definition) is 1. The average Bonchev–Trinajstić information content (AvgIpc) is 3.23. The molecule has 2 aliphatic rings. The molecule has 1 N–H and O–H groups in total. The molecule has 1 aromatic heterocycles. The number of nitrogens with one attached hydrogen (secondary N) is 1. The molecule has 1 aliphatic carbocycles. The lowest BCUT2D eigenvalue weighted by Gasteiger charge is -2.26. The smallest absolute Gasteiger partial charge is 0.220 e. The van der Waals surface area contributed by atoms with Crippen molar-refractivity contribution in [2.75, 3.05) is 19.6 Å². The number of rotatable bonds is 6. The second-order valence-corrected chi connectivity index (χ2v) is 6.05. The van der Waals surface area contributed by atoms with Gasteiger partial charge in [-0.3, -0.25) is 9.69 Å². The summed E-state index contributed by atoms with van der Waals surface area (Å²) in [6.07, 6.45) is 11.4. The maximum atomic E-state index is 12.1. The number of allylic oxidation sites excluding steroid dienone is 2. The van der Waals surface area contributed by atoms with Crippen LogP contribution in [-0.2, 0) is 4.79 Å². The molecule has 3 rings (SSSR count). The van der Waals surface area contributed by atoms with Crippen LogP contribution in [0.1, 0.15) is 43.9 Å². The van der Waals surface area contributed by atoms with Crippen LogP contribution in [0.3, 0.4) is 0 Å². The second kappa shape index (κ2) is 6.94. The highest BCUT2D eigenvalue weighted by atomic mass is 16.3. The van der Waals surface area contributed by atoms with E-state index in [0.717, 1.165) is 31.7 Å². The third-order valence-electron chi connectivity index (χ3n) is 4.51. The van der Waals surface area contributed by atoms with Crippen molar-refractivity contribution in [3.8, 4) is 0 Å². The van der Waals surface area contributed by atoms with Crippen molar-refractivity contribution in [3.05, 3.63) is 36.3 Å². The minimum absolute atomic E-state index is 0.155. The van der Waals surface area contributed by atoms with Gasteiger partial charge in [0.1, 0.15) is 5.76 Å². The molecule has 2 atom stereocenters. The lowest BCUT2D eigenvalue weighted by Crippen LogP contribution is -2.37. The van der Waals surface area contributed by atoms with Gasteiger partial charge in [-0.1, -0.05) is 12.2 Å². The summed E-state index contributed by atoms with van der Waals surface area (Å²) in [4.78, 5) is 14.5. The predicted octanol–water partition coefficient (Wildman–Crippen LogP) is 2.89. The molecular weight excluding hydrogens is 264 g/mol. The van der Waals surface area contributed by atoms with Crippen LogP contribution in [0.4, 0.5) is 0 Å². The van der Waals surface area contributed by atoms with Gasteiger partial charge >= 0.3 is 0 Å². The number of hydrogen-bond acceptors (Lipinski definition) is 3. The van der Waals surface area contributed by atoms with Gasteiger partial charge in [0.05, 0.1) is 12.3 Å². The summed E-state index contributed by atoms with van der Waals surface area (Å²) in [5.41, 5.74) is 0. The third kappa shape index (κ3) is 3.76. The van der Waals surface area contributed by atoms with Crippen molar-refractivity contribution in [1.82, 2.24) is 10.2 Å². The van der Waals surface area contributed by atoms with Gasteiger partial charge in [0, 0.05) is 13.0 Å². The Bertz CT molecular complexity index is 475. The summed E-state index contributed by atoms with van der Waals surface area (Å²) >= 11 is 0. The zero-order valence-corrected chi connectivity index (χ0v) is 12.5. The third-order valence-corrected chi connectivity index (χ3v) is 4.51. The van der Waals surface area contributed by atoms with E-state index >= 15 is 0 Å². The van der Waals surface area contributed by atoms with Gasteiger partial charge in [0.2, 0.25) is 5.91 Å². The van der Waals surface area contributed by atoms with Crippen molar-refractivity contribution in [2.45, 2.75) is 38.1 Å². The molecule has 1 aromatic rings. The molecular formula is C17H24N2O2. The van der Waals surface area contributed by atoms with Crippen LogP contribution < -0.4 is 5.32 Å². The van der Waals surface area contributed by atoms with E-state index in [0.29, 0.717) is 18.9 Å². The van der Waals surface area contributed by atoms with E-state index in [1.165, 1.54) is 12.8 Å². The summed E-state index contributed by atoms with van der Waals surface area (Å²) in [7, 11) is 0. The van der Waals surface area contributed by atoms with E-state index in [4.69, 9.17) is 4.42 Å². The Labute approximate surface area is 126 Å². The molecule has 1 amide bonds. The van der Waals surface area contributed by atoms with Crippen LogP contribution in [0.25, 0.3) is 0 Å². The lowest BCUT2D eigenvalue weighted by molar-refractivity contribution is -0.122. The van der Waals surface area contributed by atoms with Gasteiger partial charge in [0.15, 0.2) is 0 Å². The standard InChI is InChI=1S/C17H24N2O2/c20-17(12-14-6-1-2-7-14)18-13-15(16-8-5-11-21-16)19-9-3-4-10-19/h1,5-6,8,11,14-15H,2-4,7,9-10,12-13H2,(H,18,20). The summed E-state index contributed by atoms with van der Waals surface area (Å²) < 4.78 is 5.57. The number of likely N-dealkylation sites (tertiary alicyclic amines) is 1. The molecule has 1 aliphatic heterocycles. The first-order valence-electron chi connectivity index (χ1n) is 8.04.